The molecule has 2 amide bonds. The molecule has 0 aliphatic carbocycles. The predicted molar refractivity (Wildman–Crippen MR) is 141 cm³/mol. The maximum absolute atomic E-state index is 14.3. The summed E-state index contributed by atoms with van der Waals surface area (Å²) in [7, 11) is 3.24. The summed E-state index contributed by atoms with van der Waals surface area (Å²) in [5.41, 5.74) is 4.68. The van der Waals surface area contributed by atoms with E-state index in [1.165, 1.54) is 5.69 Å². The second-order valence-corrected chi connectivity index (χ2v) is 9.81. The number of rotatable bonds is 4. The van der Waals surface area contributed by atoms with Gasteiger partial charge in [-0.05, 0) is 53.4 Å². The number of amides is 2. The van der Waals surface area contributed by atoms with Crippen molar-refractivity contribution in [2.24, 2.45) is 0 Å². The third kappa shape index (κ3) is 3.89. The van der Waals surface area contributed by atoms with Crippen LogP contribution in [0.25, 0.3) is 0 Å². The number of anilines is 1. The van der Waals surface area contributed by atoms with Crippen LogP contribution in [0.4, 0.5) is 5.69 Å². The molecule has 3 aliphatic heterocycles. The number of hydrogen-bond donors (Lipinski definition) is 0. The van der Waals surface area contributed by atoms with Gasteiger partial charge in [0, 0.05) is 44.0 Å². The van der Waals surface area contributed by atoms with Gasteiger partial charge >= 0.3 is 0 Å². The summed E-state index contributed by atoms with van der Waals surface area (Å²) >= 11 is 0. The Hall–Kier alpha value is -4.00. The van der Waals surface area contributed by atoms with Crippen molar-refractivity contribution in [1.29, 1.82) is 0 Å². The van der Waals surface area contributed by atoms with E-state index < -0.39 is 5.92 Å². The van der Waals surface area contributed by atoms with Crippen molar-refractivity contribution in [3.8, 4) is 11.5 Å². The molecule has 3 aliphatic rings. The smallest absolute Gasteiger partial charge is 0.254 e. The molecule has 2 atom stereocenters. The van der Waals surface area contributed by atoms with E-state index in [1.54, 1.807) is 14.2 Å². The molecular weight excluding hydrogens is 466 g/mol. The average molecular weight is 498 g/mol. The van der Waals surface area contributed by atoms with E-state index in [0.29, 0.717) is 43.1 Å². The zero-order chi connectivity index (χ0) is 25.5. The van der Waals surface area contributed by atoms with Gasteiger partial charge in [0.25, 0.3) is 5.91 Å². The summed E-state index contributed by atoms with van der Waals surface area (Å²) in [6, 6.07) is 21.5. The van der Waals surface area contributed by atoms with Crippen LogP contribution in [-0.4, -0.2) is 68.6 Å². The van der Waals surface area contributed by atoms with Gasteiger partial charge in [0.1, 0.15) is 0 Å². The van der Waals surface area contributed by atoms with E-state index in [-0.39, 0.29) is 17.9 Å². The fourth-order valence-corrected chi connectivity index (χ4v) is 6.14. The molecule has 37 heavy (non-hydrogen) atoms. The van der Waals surface area contributed by atoms with E-state index in [4.69, 9.17) is 9.47 Å². The number of piperazine rings is 1. The highest BCUT2D eigenvalue weighted by Crippen LogP contribution is 2.48. The highest BCUT2D eigenvalue weighted by atomic mass is 16.5. The first-order chi connectivity index (χ1) is 18.1. The number of fused-ring (bicyclic) bond motifs is 4. The van der Waals surface area contributed by atoms with Crippen molar-refractivity contribution in [2.45, 2.75) is 18.4 Å². The summed E-state index contributed by atoms with van der Waals surface area (Å²) in [6.45, 7) is 3.40. The lowest BCUT2D eigenvalue weighted by atomic mass is 9.75. The average Bonchev–Trinajstić information content (AvgIpc) is 2.96. The van der Waals surface area contributed by atoms with Crippen LogP contribution in [-0.2, 0) is 11.2 Å². The van der Waals surface area contributed by atoms with Gasteiger partial charge in [-0.25, -0.2) is 0 Å². The first-order valence-corrected chi connectivity index (χ1v) is 12.8. The number of methoxy groups -OCH3 is 2. The van der Waals surface area contributed by atoms with Gasteiger partial charge in [-0.15, -0.1) is 0 Å². The molecule has 3 aromatic carbocycles. The Balaban J connectivity index is 1.38. The first kappa shape index (κ1) is 23.4. The van der Waals surface area contributed by atoms with Gasteiger partial charge in [0.2, 0.25) is 5.91 Å². The van der Waals surface area contributed by atoms with E-state index in [0.717, 1.165) is 29.8 Å². The van der Waals surface area contributed by atoms with Gasteiger partial charge in [-0.1, -0.05) is 36.4 Å². The third-order valence-electron chi connectivity index (χ3n) is 8.00. The summed E-state index contributed by atoms with van der Waals surface area (Å²) in [5, 5.41) is 0. The molecule has 7 nitrogen and oxygen atoms in total. The molecule has 0 unspecified atom stereocenters. The SMILES string of the molecule is COc1cc2c(cc1OC)[C@H]1[C@@H](C(=O)N3CCN(c4ccccc4)CC3)c3ccccc3C(=O)N1CC2. The minimum absolute atomic E-state index is 0.0148. The first-order valence-electron chi connectivity index (χ1n) is 12.8. The maximum Gasteiger partial charge on any atom is 0.254 e. The van der Waals surface area contributed by atoms with E-state index in [9.17, 15) is 9.59 Å². The van der Waals surface area contributed by atoms with Crippen molar-refractivity contribution in [3.05, 3.63) is 89.0 Å². The molecule has 0 bridgehead atoms. The van der Waals surface area contributed by atoms with Gasteiger partial charge in [0.05, 0.1) is 26.2 Å². The Morgan fingerprint density at radius 1 is 0.811 bits per heavy atom. The lowest BCUT2D eigenvalue weighted by molar-refractivity contribution is -0.135. The number of carbonyl (C=O) groups excluding carboxylic acids is 2. The summed E-state index contributed by atoms with van der Waals surface area (Å²) in [6.07, 6.45) is 0.705. The van der Waals surface area contributed by atoms with Gasteiger partial charge < -0.3 is 24.2 Å². The number of para-hydroxylation sites is 1. The zero-order valence-corrected chi connectivity index (χ0v) is 21.2. The van der Waals surface area contributed by atoms with Crippen molar-refractivity contribution >= 4 is 17.5 Å². The van der Waals surface area contributed by atoms with Crippen LogP contribution in [0.3, 0.4) is 0 Å². The molecule has 3 heterocycles. The lowest BCUT2D eigenvalue weighted by Crippen LogP contribution is -2.54. The van der Waals surface area contributed by atoms with Gasteiger partial charge in [0.15, 0.2) is 11.5 Å². The number of hydrogen-bond acceptors (Lipinski definition) is 5. The molecule has 6 rings (SSSR count). The Bertz CT molecular complexity index is 1330. The van der Waals surface area contributed by atoms with Gasteiger partial charge in [-0.3, -0.25) is 9.59 Å². The number of ether oxygens (including phenoxy) is 2. The molecule has 0 radical (unpaired) electrons. The quantitative estimate of drug-likeness (QED) is 0.547. The minimum atomic E-state index is -0.477. The monoisotopic (exact) mass is 497 g/mol. The number of nitrogens with zero attached hydrogens (tertiary/aromatic N) is 3. The Labute approximate surface area is 217 Å². The molecule has 3 aromatic rings. The van der Waals surface area contributed by atoms with E-state index >= 15 is 0 Å². The standard InChI is InChI=1S/C30H31N3O4/c1-36-25-18-20-12-13-33-28(24(20)19-26(25)37-2)27(22-10-6-7-11-23(22)29(33)34)30(35)32-16-14-31(15-17-32)21-8-4-3-5-9-21/h3-11,18-19,27-28H,12-17H2,1-2H3/t27-,28-/m0/s1. The predicted octanol–water partition coefficient (Wildman–Crippen LogP) is 3.89. The summed E-state index contributed by atoms with van der Waals surface area (Å²) < 4.78 is 11.2. The van der Waals surface area contributed by atoms with E-state index in [1.807, 2.05) is 64.4 Å². The fraction of sp³-hybridized carbons (Fsp3) is 0.333. The van der Waals surface area contributed by atoms with Crippen LogP contribution in [0.1, 0.15) is 39.0 Å². The zero-order valence-electron chi connectivity index (χ0n) is 21.2. The Kier molecular flexibility index (Phi) is 5.99. The normalized spacial score (nSPS) is 20.6. The van der Waals surface area contributed by atoms with Crippen molar-refractivity contribution in [3.63, 3.8) is 0 Å². The van der Waals surface area contributed by atoms with Crippen LogP contribution < -0.4 is 14.4 Å². The number of carbonyl (C=O) groups is 2. The van der Waals surface area contributed by atoms with Crippen LogP contribution in [0.15, 0.2) is 66.7 Å². The molecular formula is C30H31N3O4. The largest absolute Gasteiger partial charge is 0.493 e. The number of benzene rings is 3. The third-order valence-corrected chi connectivity index (χ3v) is 8.00. The van der Waals surface area contributed by atoms with Crippen LogP contribution >= 0.6 is 0 Å². The molecule has 1 saturated heterocycles. The van der Waals surface area contributed by atoms with Crippen molar-refractivity contribution in [1.82, 2.24) is 9.80 Å². The van der Waals surface area contributed by atoms with Crippen molar-refractivity contribution < 1.29 is 19.1 Å². The second kappa shape index (κ2) is 9.47. The molecule has 0 saturated carbocycles. The van der Waals surface area contributed by atoms with Crippen LogP contribution in [0.2, 0.25) is 0 Å². The molecule has 0 N–H and O–H groups in total. The highest BCUT2D eigenvalue weighted by Gasteiger charge is 2.48. The molecule has 7 heteroatoms. The second-order valence-electron chi connectivity index (χ2n) is 9.81. The molecule has 1 fully saturated rings. The summed E-state index contributed by atoms with van der Waals surface area (Å²) in [4.78, 5) is 34.1. The van der Waals surface area contributed by atoms with Gasteiger partial charge in [-0.2, -0.15) is 0 Å². The molecule has 0 aromatic heterocycles. The molecule has 190 valence electrons. The fourth-order valence-electron chi connectivity index (χ4n) is 6.14. The van der Waals surface area contributed by atoms with Crippen LogP contribution in [0, 0.1) is 0 Å². The Morgan fingerprint density at radius 3 is 2.22 bits per heavy atom. The topological polar surface area (TPSA) is 62.3 Å². The molecule has 0 spiro atoms. The van der Waals surface area contributed by atoms with E-state index in [2.05, 4.69) is 17.0 Å². The lowest BCUT2D eigenvalue weighted by Gasteiger charge is -2.47. The van der Waals surface area contributed by atoms with Crippen molar-refractivity contribution in [2.75, 3.05) is 51.8 Å². The minimum Gasteiger partial charge on any atom is -0.493 e. The summed E-state index contributed by atoms with van der Waals surface area (Å²) in [5.74, 6) is 0.854. The Morgan fingerprint density at radius 2 is 1.49 bits per heavy atom. The maximum atomic E-state index is 14.3. The van der Waals surface area contributed by atoms with Crippen LogP contribution in [0.5, 0.6) is 11.5 Å². The highest BCUT2D eigenvalue weighted by molar-refractivity contribution is 6.01.